The highest BCUT2D eigenvalue weighted by molar-refractivity contribution is 8.00. The summed E-state index contributed by atoms with van der Waals surface area (Å²) in [7, 11) is 0. The lowest BCUT2D eigenvalue weighted by molar-refractivity contribution is -0.127. The lowest BCUT2D eigenvalue weighted by atomic mass is 10.1. The predicted molar refractivity (Wildman–Crippen MR) is 108 cm³/mol. The average Bonchev–Trinajstić information content (AvgIpc) is 3.38. The number of likely N-dealkylation sites (tertiary alicyclic amines) is 1. The molecule has 1 heterocycles. The van der Waals surface area contributed by atoms with E-state index in [1.54, 1.807) is 12.1 Å². The van der Waals surface area contributed by atoms with Crippen LogP contribution in [0.2, 0.25) is 0 Å². The SMILES string of the molecule is O=C(NC1CCc2c(F)cccc21)c1ccccc1SCC(=O)N1CCCC1. The standard InChI is InChI=1S/C22H23FN2O2S/c23-18-8-5-7-16-15(18)10-11-19(16)24-22(27)17-6-1-2-9-20(17)28-14-21(26)25-12-3-4-13-25/h1-2,5-9,19H,3-4,10-14H2,(H,24,27). The van der Waals surface area contributed by atoms with Crippen molar-refractivity contribution in [1.82, 2.24) is 10.2 Å². The quantitative estimate of drug-likeness (QED) is 0.776. The number of rotatable bonds is 5. The minimum Gasteiger partial charge on any atom is -0.345 e. The zero-order valence-corrected chi connectivity index (χ0v) is 16.4. The zero-order chi connectivity index (χ0) is 19.5. The van der Waals surface area contributed by atoms with Crippen molar-refractivity contribution in [2.24, 2.45) is 0 Å². The third-order valence-corrected chi connectivity index (χ3v) is 6.52. The maximum atomic E-state index is 13.9. The summed E-state index contributed by atoms with van der Waals surface area (Å²) in [5.41, 5.74) is 2.13. The number of thioether (sulfide) groups is 1. The highest BCUT2D eigenvalue weighted by Gasteiger charge is 2.27. The lowest BCUT2D eigenvalue weighted by Gasteiger charge is -2.17. The van der Waals surface area contributed by atoms with Crippen LogP contribution in [-0.2, 0) is 11.2 Å². The molecule has 4 nitrogen and oxygen atoms in total. The molecule has 2 aromatic rings. The second-order valence-electron chi connectivity index (χ2n) is 7.25. The van der Waals surface area contributed by atoms with E-state index in [0.717, 1.165) is 36.4 Å². The van der Waals surface area contributed by atoms with Gasteiger partial charge in [0.05, 0.1) is 17.4 Å². The van der Waals surface area contributed by atoms with Crippen LogP contribution in [0.5, 0.6) is 0 Å². The molecule has 0 saturated carbocycles. The van der Waals surface area contributed by atoms with Crippen molar-refractivity contribution in [3.63, 3.8) is 0 Å². The number of amides is 2. The van der Waals surface area contributed by atoms with Gasteiger partial charge in [0.15, 0.2) is 0 Å². The summed E-state index contributed by atoms with van der Waals surface area (Å²) in [6, 6.07) is 12.2. The van der Waals surface area contributed by atoms with E-state index in [4.69, 9.17) is 0 Å². The van der Waals surface area contributed by atoms with Gasteiger partial charge in [0.25, 0.3) is 5.91 Å². The van der Waals surface area contributed by atoms with Crippen LogP contribution in [0.3, 0.4) is 0 Å². The van der Waals surface area contributed by atoms with Gasteiger partial charge in [-0.1, -0.05) is 24.3 Å². The molecular formula is C22H23FN2O2S. The molecule has 4 rings (SSSR count). The number of hydrogen-bond acceptors (Lipinski definition) is 3. The molecule has 0 spiro atoms. The summed E-state index contributed by atoms with van der Waals surface area (Å²) in [4.78, 5) is 27.9. The van der Waals surface area contributed by atoms with Crippen LogP contribution in [0.4, 0.5) is 4.39 Å². The van der Waals surface area contributed by atoms with Gasteiger partial charge in [0, 0.05) is 18.0 Å². The van der Waals surface area contributed by atoms with Crippen molar-refractivity contribution in [3.05, 3.63) is 65.0 Å². The molecule has 0 radical (unpaired) electrons. The number of benzene rings is 2. The Bertz CT molecular complexity index is 896. The van der Waals surface area contributed by atoms with Crippen LogP contribution in [0.15, 0.2) is 47.4 Å². The van der Waals surface area contributed by atoms with Gasteiger partial charge < -0.3 is 10.2 Å². The molecule has 1 saturated heterocycles. The van der Waals surface area contributed by atoms with E-state index in [9.17, 15) is 14.0 Å². The van der Waals surface area contributed by atoms with Crippen LogP contribution in [0, 0.1) is 5.82 Å². The summed E-state index contributed by atoms with van der Waals surface area (Å²) in [5, 5.41) is 3.05. The van der Waals surface area contributed by atoms with Crippen LogP contribution in [0.25, 0.3) is 0 Å². The van der Waals surface area contributed by atoms with Crippen LogP contribution in [-0.4, -0.2) is 35.6 Å². The first kappa shape index (κ1) is 19.0. The van der Waals surface area contributed by atoms with Crippen LogP contribution >= 0.6 is 11.8 Å². The molecule has 28 heavy (non-hydrogen) atoms. The number of carbonyl (C=O) groups excluding carboxylic acids is 2. The fourth-order valence-electron chi connectivity index (χ4n) is 3.97. The largest absolute Gasteiger partial charge is 0.345 e. The topological polar surface area (TPSA) is 49.4 Å². The van der Waals surface area contributed by atoms with E-state index < -0.39 is 0 Å². The van der Waals surface area contributed by atoms with E-state index in [1.807, 2.05) is 29.2 Å². The zero-order valence-electron chi connectivity index (χ0n) is 15.6. The second-order valence-corrected chi connectivity index (χ2v) is 8.26. The van der Waals surface area contributed by atoms with Gasteiger partial charge >= 0.3 is 0 Å². The minimum absolute atomic E-state index is 0.123. The summed E-state index contributed by atoms with van der Waals surface area (Å²) < 4.78 is 13.9. The second kappa shape index (κ2) is 8.35. The maximum Gasteiger partial charge on any atom is 0.252 e. The van der Waals surface area contributed by atoms with E-state index >= 15 is 0 Å². The van der Waals surface area contributed by atoms with E-state index in [1.165, 1.54) is 17.8 Å². The number of hydrogen-bond donors (Lipinski definition) is 1. The van der Waals surface area contributed by atoms with Crippen LogP contribution < -0.4 is 5.32 Å². The summed E-state index contributed by atoms with van der Waals surface area (Å²) in [6.45, 7) is 1.67. The third-order valence-electron chi connectivity index (χ3n) is 5.46. The van der Waals surface area contributed by atoms with E-state index in [0.29, 0.717) is 29.7 Å². The smallest absolute Gasteiger partial charge is 0.252 e. The molecule has 146 valence electrons. The average molecular weight is 399 g/mol. The van der Waals surface area contributed by atoms with Crippen molar-refractivity contribution in [2.45, 2.75) is 36.6 Å². The Labute approximate surface area is 168 Å². The van der Waals surface area contributed by atoms with E-state index in [-0.39, 0.29) is 23.7 Å². The van der Waals surface area contributed by atoms with Crippen molar-refractivity contribution in [3.8, 4) is 0 Å². The van der Waals surface area contributed by atoms with Crippen molar-refractivity contribution in [2.75, 3.05) is 18.8 Å². The maximum absolute atomic E-state index is 13.9. The molecule has 0 aromatic heterocycles. The van der Waals surface area contributed by atoms with Gasteiger partial charge in [-0.2, -0.15) is 0 Å². The Morgan fingerprint density at radius 3 is 2.71 bits per heavy atom. The first-order chi connectivity index (χ1) is 13.6. The molecular weight excluding hydrogens is 375 g/mol. The van der Waals surface area contributed by atoms with Gasteiger partial charge in [-0.05, 0) is 55.0 Å². The van der Waals surface area contributed by atoms with Gasteiger partial charge in [-0.15, -0.1) is 11.8 Å². The fraction of sp³-hybridized carbons (Fsp3) is 0.364. The number of carbonyl (C=O) groups is 2. The molecule has 6 heteroatoms. The molecule has 1 aliphatic carbocycles. The molecule has 1 N–H and O–H groups in total. The van der Waals surface area contributed by atoms with Gasteiger partial charge in [0.2, 0.25) is 5.91 Å². The van der Waals surface area contributed by atoms with Crippen molar-refractivity contribution >= 4 is 23.6 Å². The number of nitrogens with zero attached hydrogens (tertiary/aromatic N) is 1. The Morgan fingerprint density at radius 1 is 1.11 bits per heavy atom. The first-order valence-corrected chi connectivity index (χ1v) is 10.7. The van der Waals surface area contributed by atoms with Gasteiger partial charge in [-0.3, -0.25) is 9.59 Å². The number of nitrogens with one attached hydrogen (secondary N) is 1. The molecule has 2 amide bonds. The van der Waals surface area contributed by atoms with Crippen LogP contribution in [0.1, 0.15) is 46.8 Å². The molecule has 1 fully saturated rings. The monoisotopic (exact) mass is 398 g/mol. The van der Waals surface area contributed by atoms with E-state index in [2.05, 4.69) is 5.32 Å². The Balaban J connectivity index is 1.44. The molecule has 0 bridgehead atoms. The Kier molecular flexibility index (Phi) is 5.67. The molecule has 2 aromatic carbocycles. The van der Waals surface area contributed by atoms with Crippen molar-refractivity contribution in [1.29, 1.82) is 0 Å². The highest BCUT2D eigenvalue weighted by Crippen LogP contribution is 2.33. The number of halogens is 1. The normalized spacial score (nSPS) is 18.2. The molecule has 1 aliphatic heterocycles. The van der Waals surface area contributed by atoms with Crippen molar-refractivity contribution < 1.29 is 14.0 Å². The highest BCUT2D eigenvalue weighted by atomic mass is 32.2. The third kappa shape index (κ3) is 3.92. The molecule has 1 atom stereocenters. The lowest BCUT2D eigenvalue weighted by Crippen LogP contribution is -2.29. The van der Waals surface area contributed by atoms with Gasteiger partial charge in [-0.25, -0.2) is 4.39 Å². The fourth-order valence-corrected chi connectivity index (χ4v) is 4.93. The molecule has 2 aliphatic rings. The summed E-state index contributed by atoms with van der Waals surface area (Å²) >= 11 is 1.40. The van der Waals surface area contributed by atoms with Gasteiger partial charge in [0.1, 0.15) is 5.82 Å². The predicted octanol–water partition coefficient (Wildman–Crippen LogP) is 3.96. The first-order valence-electron chi connectivity index (χ1n) is 9.71. The Hall–Kier alpha value is -2.34. The number of fused-ring (bicyclic) bond motifs is 1. The molecule has 1 unspecified atom stereocenters. The minimum atomic E-state index is -0.203. The summed E-state index contributed by atoms with van der Waals surface area (Å²) in [5.74, 6) is 0.0734. The Morgan fingerprint density at radius 2 is 1.89 bits per heavy atom. The summed E-state index contributed by atoms with van der Waals surface area (Å²) in [6.07, 6.45) is 3.47.